The number of pyridine rings is 1. The third-order valence-corrected chi connectivity index (χ3v) is 4.12. The van der Waals surface area contributed by atoms with E-state index in [2.05, 4.69) is 33.3 Å². The Balaban J connectivity index is 1.62. The normalized spacial score (nSPS) is 18.7. The molecule has 0 spiro atoms. The first-order chi connectivity index (χ1) is 10.3. The highest BCUT2D eigenvalue weighted by molar-refractivity contribution is 5.37. The van der Waals surface area contributed by atoms with Gasteiger partial charge in [0, 0.05) is 25.3 Å². The van der Waals surface area contributed by atoms with Gasteiger partial charge in [-0.3, -0.25) is 9.30 Å². The summed E-state index contributed by atoms with van der Waals surface area (Å²) in [5, 5.41) is 12.2. The van der Waals surface area contributed by atoms with Gasteiger partial charge in [-0.2, -0.15) is 0 Å². The molecule has 1 N–H and O–H groups in total. The number of nitrogens with one attached hydrogen (secondary N) is 1. The molecule has 1 unspecified atom stereocenters. The number of piperidine rings is 1. The third kappa shape index (κ3) is 3.07. The van der Waals surface area contributed by atoms with Crippen molar-refractivity contribution < 1.29 is 0 Å². The number of nitrogens with zero attached hydrogens (tertiary/aromatic N) is 4. The van der Waals surface area contributed by atoms with E-state index in [1.807, 2.05) is 28.8 Å². The molecule has 1 aliphatic rings. The van der Waals surface area contributed by atoms with Crippen molar-refractivity contribution in [2.45, 2.75) is 31.8 Å². The largest absolute Gasteiger partial charge is 0.305 e. The third-order valence-electron chi connectivity index (χ3n) is 4.12. The summed E-state index contributed by atoms with van der Waals surface area (Å²) in [5.74, 6) is 3.69. The van der Waals surface area contributed by atoms with Crippen LogP contribution in [0.15, 0.2) is 24.4 Å². The predicted octanol–water partition coefficient (Wildman–Crippen LogP) is 1.48. The lowest BCUT2D eigenvalue weighted by Gasteiger charge is -2.32. The van der Waals surface area contributed by atoms with Crippen LogP contribution in [-0.4, -0.2) is 45.2 Å². The van der Waals surface area contributed by atoms with Crippen molar-refractivity contribution >= 4 is 5.65 Å². The predicted molar refractivity (Wildman–Crippen MR) is 82.8 cm³/mol. The zero-order chi connectivity index (χ0) is 14.7. The molecule has 0 bridgehead atoms. The monoisotopic (exact) mass is 283 g/mol. The van der Waals surface area contributed by atoms with E-state index in [4.69, 9.17) is 6.42 Å². The molecule has 21 heavy (non-hydrogen) atoms. The highest BCUT2D eigenvalue weighted by atomic mass is 15.3. The Hall–Kier alpha value is -1.90. The number of aromatic nitrogens is 3. The molecule has 0 saturated carbocycles. The minimum Gasteiger partial charge on any atom is -0.305 e. The quantitative estimate of drug-likeness (QED) is 0.863. The van der Waals surface area contributed by atoms with Crippen LogP contribution in [0.4, 0.5) is 0 Å². The van der Waals surface area contributed by atoms with E-state index in [1.165, 1.54) is 0 Å². The van der Waals surface area contributed by atoms with E-state index >= 15 is 0 Å². The lowest BCUT2D eigenvalue weighted by Crippen LogP contribution is -2.43. The van der Waals surface area contributed by atoms with Crippen molar-refractivity contribution in [2.24, 2.45) is 0 Å². The molecule has 3 rings (SSSR count). The Labute approximate surface area is 125 Å². The second kappa shape index (κ2) is 6.25. The molecular formula is C16H21N5. The molecule has 1 aliphatic heterocycles. The molecule has 0 aromatic carbocycles. The molecule has 0 radical (unpaired) electrons. The van der Waals surface area contributed by atoms with Crippen molar-refractivity contribution in [2.75, 3.05) is 19.6 Å². The fourth-order valence-electron chi connectivity index (χ4n) is 2.97. The van der Waals surface area contributed by atoms with Gasteiger partial charge in [0.1, 0.15) is 0 Å². The van der Waals surface area contributed by atoms with Crippen LogP contribution in [0, 0.1) is 12.3 Å². The standard InChI is InChI=1S/C16H21N5/c1-3-9-20-11-7-14(8-12-20)17-13(2)16-19-18-15-6-4-5-10-21(15)16/h1,4-6,10,13-14,17H,7-9,11-12H2,2H3. The van der Waals surface area contributed by atoms with Crippen LogP contribution in [-0.2, 0) is 0 Å². The minimum absolute atomic E-state index is 0.187. The first kappa shape index (κ1) is 14.1. The van der Waals surface area contributed by atoms with Gasteiger partial charge in [0.25, 0.3) is 0 Å². The summed E-state index contributed by atoms with van der Waals surface area (Å²) >= 11 is 0. The van der Waals surface area contributed by atoms with Gasteiger partial charge in [-0.1, -0.05) is 12.0 Å². The Bertz CT molecular complexity index is 633. The van der Waals surface area contributed by atoms with Gasteiger partial charge >= 0.3 is 0 Å². The van der Waals surface area contributed by atoms with Gasteiger partial charge in [0.2, 0.25) is 0 Å². The van der Waals surface area contributed by atoms with Gasteiger partial charge < -0.3 is 5.32 Å². The lowest BCUT2D eigenvalue weighted by molar-refractivity contribution is 0.210. The minimum atomic E-state index is 0.187. The molecule has 1 saturated heterocycles. The van der Waals surface area contributed by atoms with Gasteiger partial charge in [-0.05, 0) is 31.9 Å². The Morgan fingerprint density at radius 3 is 2.95 bits per heavy atom. The summed E-state index contributed by atoms with van der Waals surface area (Å²) in [6.45, 7) is 5.04. The average molecular weight is 283 g/mol. The zero-order valence-corrected chi connectivity index (χ0v) is 12.4. The van der Waals surface area contributed by atoms with E-state index in [-0.39, 0.29) is 6.04 Å². The van der Waals surface area contributed by atoms with Gasteiger partial charge in [-0.25, -0.2) is 0 Å². The second-order valence-corrected chi connectivity index (χ2v) is 5.63. The number of likely N-dealkylation sites (tertiary alicyclic amines) is 1. The van der Waals surface area contributed by atoms with Crippen molar-refractivity contribution in [3.63, 3.8) is 0 Å². The molecule has 1 atom stereocenters. The van der Waals surface area contributed by atoms with Crippen LogP contribution in [0.1, 0.15) is 31.6 Å². The van der Waals surface area contributed by atoms with Crippen LogP contribution in [0.3, 0.4) is 0 Å². The first-order valence-electron chi connectivity index (χ1n) is 7.49. The summed E-state index contributed by atoms with van der Waals surface area (Å²) in [7, 11) is 0. The Morgan fingerprint density at radius 1 is 1.38 bits per heavy atom. The highest BCUT2D eigenvalue weighted by Gasteiger charge is 2.22. The van der Waals surface area contributed by atoms with E-state index < -0.39 is 0 Å². The van der Waals surface area contributed by atoms with E-state index in [9.17, 15) is 0 Å². The van der Waals surface area contributed by atoms with Gasteiger partial charge in [-0.15, -0.1) is 16.6 Å². The summed E-state index contributed by atoms with van der Waals surface area (Å²) in [6.07, 6.45) is 9.63. The molecule has 3 heterocycles. The second-order valence-electron chi connectivity index (χ2n) is 5.63. The topological polar surface area (TPSA) is 45.5 Å². The first-order valence-corrected chi connectivity index (χ1v) is 7.49. The number of hydrogen-bond donors (Lipinski definition) is 1. The van der Waals surface area contributed by atoms with Gasteiger partial charge in [0.05, 0.1) is 12.6 Å². The number of rotatable bonds is 4. The molecule has 1 fully saturated rings. The molecule has 5 nitrogen and oxygen atoms in total. The summed E-state index contributed by atoms with van der Waals surface area (Å²) in [5.41, 5.74) is 0.894. The van der Waals surface area contributed by atoms with E-state index in [0.29, 0.717) is 6.04 Å². The fraction of sp³-hybridized carbons (Fsp3) is 0.500. The molecule has 2 aromatic heterocycles. The highest BCUT2D eigenvalue weighted by Crippen LogP contribution is 2.16. The van der Waals surface area contributed by atoms with Crippen molar-refractivity contribution in [1.82, 2.24) is 24.8 Å². The maximum Gasteiger partial charge on any atom is 0.160 e. The lowest BCUT2D eigenvalue weighted by atomic mass is 10.0. The summed E-state index contributed by atoms with van der Waals surface area (Å²) < 4.78 is 2.05. The molecule has 0 aliphatic carbocycles. The fourth-order valence-corrected chi connectivity index (χ4v) is 2.97. The maximum absolute atomic E-state index is 5.37. The number of fused-ring (bicyclic) bond motifs is 1. The van der Waals surface area contributed by atoms with Crippen LogP contribution in [0.25, 0.3) is 5.65 Å². The van der Waals surface area contributed by atoms with Crippen LogP contribution < -0.4 is 5.32 Å². The van der Waals surface area contributed by atoms with E-state index in [1.54, 1.807) is 0 Å². The molecule has 2 aromatic rings. The van der Waals surface area contributed by atoms with Crippen molar-refractivity contribution in [1.29, 1.82) is 0 Å². The van der Waals surface area contributed by atoms with E-state index in [0.717, 1.165) is 43.9 Å². The van der Waals surface area contributed by atoms with Crippen LogP contribution >= 0.6 is 0 Å². The summed E-state index contributed by atoms with van der Waals surface area (Å²) in [4.78, 5) is 2.33. The van der Waals surface area contributed by atoms with Crippen molar-refractivity contribution in [3.05, 3.63) is 30.2 Å². The maximum atomic E-state index is 5.37. The van der Waals surface area contributed by atoms with Crippen molar-refractivity contribution in [3.8, 4) is 12.3 Å². The van der Waals surface area contributed by atoms with Crippen LogP contribution in [0.2, 0.25) is 0 Å². The smallest absolute Gasteiger partial charge is 0.160 e. The zero-order valence-electron chi connectivity index (χ0n) is 12.4. The average Bonchev–Trinajstić information content (AvgIpc) is 2.93. The van der Waals surface area contributed by atoms with Gasteiger partial charge in [0.15, 0.2) is 11.5 Å². The summed E-state index contributed by atoms with van der Waals surface area (Å²) in [6, 6.07) is 6.66. The number of hydrogen-bond acceptors (Lipinski definition) is 4. The SMILES string of the molecule is C#CCN1CCC(NC(C)c2nnc3ccccn23)CC1. The van der Waals surface area contributed by atoms with Crippen LogP contribution in [0.5, 0.6) is 0 Å². The molecule has 0 amide bonds. The molecule has 5 heteroatoms. The number of terminal acetylenes is 1. The Morgan fingerprint density at radius 2 is 2.19 bits per heavy atom. The Kier molecular flexibility index (Phi) is 4.18. The molecular weight excluding hydrogens is 262 g/mol. The molecule has 110 valence electrons.